The first-order valence-electron chi connectivity index (χ1n) is 15.4. The number of alkyl halides is 4. The van der Waals surface area contributed by atoms with Crippen molar-refractivity contribution in [3.05, 3.63) is 47.7 Å². The van der Waals surface area contributed by atoms with Gasteiger partial charge in [0.2, 0.25) is 17.8 Å². The van der Waals surface area contributed by atoms with Crippen molar-refractivity contribution in [2.24, 2.45) is 17.3 Å². The number of aromatic nitrogens is 5. The highest BCUT2D eigenvalue weighted by molar-refractivity contribution is 5.92. The standard InChI is InChI=1S/C31H36F4N8O2/c1-18(2)43-23(5-10-37-43)28(45)41-26(20-3-6-30(32,33)7-4-20)22-16-42-24(39-22)12-21(15-38-42)27(29(17-36)8-9-29)40-25(44)11-19-13-31(34,35)14-19/h5,10,12,15-16,18-20,26-27H,3-4,6-9,11,13-14H2,1-2H3,(H,40,44)(H,41,45)/t26-,27?/m0/s1. The molecule has 0 spiro atoms. The lowest BCUT2D eigenvalue weighted by atomic mass is 9.79. The Labute approximate surface area is 257 Å². The molecule has 3 aliphatic carbocycles. The summed E-state index contributed by atoms with van der Waals surface area (Å²) in [6.45, 7) is 3.80. The van der Waals surface area contributed by atoms with Gasteiger partial charge in [-0.1, -0.05) is 0 Å². The summed E-state index contributed by atoms with van der Waals surface area (Å²) in [5.74, 6) is -6.98. The maximum absolute atomic E-state index is 14.1. The van der Waals surface area contributed by atoms with Crippen LogP contribution in [-0.4, -0.2) is 48.0 Å². The summed E-state index contributed by atoms with van der Waals surface area (Å²) < 4.78 is 57.9. The normalized spacial score (nSPS) is 21.9. The van der Waals surface area contributed by atoms with Crippen LogP contribution in [0.2, 0.25) is 0 Å². The smallest absolute Gasteiger partial charge is 0.270 e. The molecule has 0 radical (unpaired) electrons. The number of hydrogen-bond donors (Lipinski definition) is 2. The van der Waals surface area contributed by atoms with Gasteiger partial charge in [0.05, 0.1) is 41.7 Å². The first-order valence-corrected chi connectivity index (χ1v) is 15.4. The molecular weight excluding hydrogens is 592 g/mol. The number of nitriles is 1. The van der Waals surface area contributed by atoms with Crippen LogP contribution in [0.15, 0.2) is 30.7 Å². The van der Waals surface area contributed by atoms with Crippen molar-refractivity contribution in [3.8, 4) is 6.07 Å². The van der Waals surface area contributed by atoms with Crippen LogP contribution in [0.1, 0.15) is 112 Å². The van der Waals surface area contributed by atoms with Crippen LogP contribution < -0.4 is 10.6 Å². The fourth-order valence-electron chi connectivity index (χ4n) is 6.72. The average molecular weight is 629 g/mol. The summed E-state index contributed by atoms with van der Waals surface area (Å²) in [4.78, 5) is 31.1. The number of nitrogens with one attached hydrogen (secondary N) is 2. The van der Waals surface area contributed by atoms with Crippen molar-refractivity contribution in [3.63, 3.8) is 0 Å². The van der Waals surface area contributed by atoms with Gasteiger partial charge in [-0.2, -0.15) is 15.5 Å². The predicted octanol–water partition coefficient (Wildman–Crippen LogP) is 5.70. The largest absolute Gasteiger partial charge is 0.348 e. The van der Waals surface area contributed by atoms with Gasteiger partial charge in [-0.15, -0.1) is 0 Å². The van der Waals surface area contributed by atoms with E-state index in [9.17, 15) is 32.4 Å². The number of hydrogen-bond acceptors (Lipinski definition) is 6. The minimum Gasteiger partial charge on any atom is -0.348 e. The third kappa shape index (κ3) is 6.39. The Morgan fingerprint density at radius 3 is 2.40 bits per heavy atom. The minimum atomic E-state index is -2.75. The summed E-state index contributed by atoms with van der Waals surface area (Å²) in [7, 11) is 0. The molecule has 2 amide bonds. The van der Waals surface area contributed by atoms with Crippen molar-refractivity contribution in [1.29, 1.82) is 5.26 Å². The van der Waals surface area contributed by atoms with Crippen LogP contribution in [0.3, 0.4) is 0 Å². The zero-order valence-corrected chi connectivity index (χ0v) is 25.1. The highest BCUT2D eigenvalue weighted by Gasteiger charge is 2.52. The lowest BCUT2D eigenvalue weighted by molar-refractivity contribution is -0.134. The average Bonchev–Trinajstić information content (AvgIpc) is 3.39. The topological polar surface area (TPSA) is 130 Å². The molecule has 3 aromatic heterocycles. The summed E-state index contributed by atoms with van der Waals surface area (Å²) in [5.41, 5.74) is 0.895. The van der Waals surface area contributed by atoms with Crippen LogP contribution in [0.5, 0.6) is 0 Å². The number of rotatable bonds is 10. The van der Waals surface area contributed by atoms with E-state index < -0.39 is 47.1 Å². The molecule has 0 aliphatic heterocycles. The molecule has 3 aliphatic rings. The van der Waals surface area contributed by atoms with Crippen LogP contribution in [0.4, 0.5) is 17.6 Å². The number of carbonyl (C=O) groups is 2. The monoisotopic (exact) mass is 628 g/mol. The molecule has 3 aromatic rings. The second-order valence-electron chi connectivity index (χ2n) is 13.3. The molecule has 3 saturated carbocycles. The number of imidazole rings is 1. The lowest BCUT2D eigenvalue weighted by Crippen LogP contribution is -2.40. The van der Waals surface area contributed by atoms with Gasteiger partial charge in [0, 0.05) is 44.3 Å². The van der Waals surface area contributed by atoms with Crippen molar-refractivity contribution >= 4 is 17.5 Å². The molecule has 3 heterocycles. The highest BCUT2D eigenvalue weighted by atomic mass is 19.3. The van der Waals surface area contributed by atoms with E-state index in [-0.39, 0.29) is 56.9 Å². The van der Waals surface area contributed by atoms with Gasteiger partial charge < -0.3 is 10.6 Å². The van der Waals surface area contributed by atoms with E-state index >= 15 is 0 Å². The van der Waals surface area contributed by atoms with E-state index in [0.717, 1.165) is 0 Å². The number of carbonyl (C=O) groups excluding carboxylic acids is 2. The van der Waals surface area contributed by atoms with Gasteiger partial charge in [0.1, 0.15) is 5.69 Å². The summed E-state index contributed by atoms with van der Waals surface area (Å²) in [6.07, 6.45) is 4.96. The van der Waals surface area contributed by atoms with E-state index in [4.69, 9.17) is 4.98 Å². The summed E-state index contributed by atoms with van der Waals surface area (Å²) in [5, 5.41) is 24.6. The van der Waals surface area contributed by atoms with Crippen molar-refractivity contribution in [1.82, 2.24) is 35.0 Å². The number of fused-ring (bicyclic) bond motifs is 1. The van der Waals surface area contributed by atoms with Crippen LogP contribution >= 0.6 is 0 Å². The first-order chi connectivity index (χ1) is 21.3. The quantitative estimate of drug-likeness (QED) is 0.277. The Morgan fingerprint density at radius 1 is 1.07 bits per heavy atom. The second-order valence-corrected chi connectivity index (χ2v) is 13.3. The van der Waals surface area contributed by atoms with Gasteiger partial charge in [-0.25, -0.2) is 27.1 Å². The zero-order chi connectivity index (χ0) is 32.1. The Bertz CT molecular complexity index is 1620. The Balaban J connectivity index is 1.27. The Kier molecular flexibility index (Phi) is 7.85. The van der Waals surface area contributed by atoms with Crippen molar-refractivity contribution in [2.45, 2.75) is 102 Å². The lowest BCUT2D eigenvalue weighted by Gasteiger charge is -2.35. The van der Waals surface area contributed by atoms with Crippen molar-refractivity contribution < 1.29 is 27.2 Å². The molecule has 45 heavy (non-hydrogen) atoms. The van der Waals surface area contributed by atoms with Gasteiger partial charge in [-0.05, 0) is 69.1 Å². The van der Waals surface area contributed by atoms with Crippen LogP contribution in [0, 0.1) is 28.6 Å². The first kappa shape index (κ1) is 31.0. The van der Waals surface area contributed by atoms with Crippen LogP contribution in [-0.2, 0) is 4.79 Å². The Hall–Kier alpha value is -4.02. The molecule has 2 N–H and O–H groups in total. The number of nitrogens with zero attached hydrogens (tertiary/aromatic N) is 6. The predicted molar refractivity (Wildman–Crippen MR) is 153 cm³/mol. The van der Waals surface area contributed by atoms with Gasteiger partial charge in [0.25, 0.3) is 5.91 Å². The molecule has 14 heteroatoms. The van der Waals surface area contributed by atoms with Gasteiger partial charge in [-0.3, -0.25) is 14.3 Å². The molecule has 2 atom stereocenters. The maximum atomic E-state index is 14.1. The maximum Gasteiger partial charge on any atom is 0.270 e. The number of halogens is 4. The zero-order valence-electron chi connectivity index (χ0n) is 25.1. The van der Waals surface area contributed by atoms with Crippen molar-refractivity contribution in [2.75, 3.05) is 0 Å². The number of amides is 2. The third-order valence-electron chi connectivity index (χ3n) is 9.44. The second kappa shape index (κ2) is 11.4. The molecule has 6 rings (SSSR count). The van der Waals surface area contributed by atoms with Gasteiger partial charge in [0.15, 0.2) is 5.65 Å². The van der Waals surface area contributed by atoms with E-state index in [1.165, 1.54) is 16.9 Å². The third-order valence-corrected chi connectivity index (χ3v) is 9.44. The van der Waals surface area contributed by atoms with E-state index in [0.29, 0.717) is 35.4 Å². The fourth-order valence-corrected chi connectivity index (χ4v) is 6.72. The van der Waals surface area contributed by atoms with E-state index in [1.54, 1.807) is 23.0 Å². The molecular formula is C31H36F4N8O2. The molecule has 3 fully saturated rings. The molecule has 0 saturated heterocycles. The minimum absolute atomic E-state index is 0.0473. The molecule has 1 unspecified atom stereocenters. The molecule has 0 bridgehead atoms. The van der Waals surface area contributed by atoms with E-state index in [2.05, 4.69) is 26.9 Å². The summed E-state index contributed by atoms with van der Waals surface area (Å²) >= 11 is 0. The van der Waals surface area contributed by atoms with E-state index in [1.807, 2.05) is 13.8 Å². The van der Waals surface area contributed by atoms with Gasteiger partial charge >= 0.3 is 0 Å². The van der Waals surface area contributed by atoms with Crippen LogP contribution in [0.25, 0.3) is 5.65 Å². The molecule has 10 nitrogen and oxygen atoms in total. The fraction of sp³-hybridized carbons (Fsp3) is 0.613. The highest BCUT2D eigenvalue weighted by Crippen LogP contribution is 2.54. The summed E-state index contributed by atoms with van der Waals surface area (Å²) in [6, 6.07) is 4.16. The Morgan fingerprint density at radius 2 is 1.78 bits per heavy atom. The SMILES string of the molecule is CC(C)n1nccc1C(=O)N[C@H](c1cn2ncc(C(NC(=O)CC3CC(F)(F)C3)C3(C#N)CC3)cc2n1)C1CCC(F)(F)CC1. The molecule has 240 valence electrons. The molecule has 0 aromatic carbocycles.